The lowest BCUT2D eigenvalue weighted by atomic mass is 10.3. The van der Waals surface area contributed by atoms with Gasteiger partial charge in [0.25, 0.3) is 10.0 Å². The van der Waals surface area contributed by atoms with Crippen LogP contribution in [0.2, 0.25) is 0 Å². The number of hydrogen-bond acceptors (Lipinski definition) is 5. The summed E-state index contributed by atoms with van der Waals surface area (Å²) in [6, 6.07) is 3.26. The van der Waals surface area contributed by atoms with Crippen LogP contribution in [0.15, 0.2) is 23.4 Å². The molecule has 0 spiro atoms. The number of thioether (sulfide) groups is 1. The smallest absolute Gasteiger partial charge is 0.258 e. The summed E-state index contributed by atoms with van der Waals surface area (Å²) in [7, 11) is -1.69. The van der Waals surface area contributed by atoms with Crippen LogP contribution in [-0.2, 0) is 16.6 Å². The van der Waals surface area contributed by atoms with Crippen molar-refractivity contribution < 1.29 is 8.42 Å². The number of nitrogens with zero attached hydrogens (tertiary/aromatic N) is 1. The predicted octanol–water partition coefficient (Wildman–Crippen LogP) is 1.22. The van der Waals surface area contributed by atoms with E-state index in [-0.39, 0.29) is 11.1 Å². The van der Waals surface area contributed by atoms with Crippen LogP contribution in [0.3, 0.4) is 0 Å². The predicted molar refractivity (Wildman–Crippen MR) is 79.8 cm³/mol. The highest BCUT2D eigenvalue weighted by molar-refractivity contribution is 7.98. The molecule has 1 unspecified atom stereocenters. The van der Waals surface area contributed by atoms with Crippen molar-refractivity contribution in [3.8, 4) is 0 Å². The molecule has 0 aliphatic carbocycles. The van der Waals surface area contributed by atoms with Crippen molar-refractivity contribution in [3.05, 3.63) is 23.9 Å². The van der Waals surface area contributed by atoms with Crippen molar-refractivity contribution in [2.45, 2.75) is 31.0 Å². The number of rotatable bonds is 8. The fourth-order valence-corrected chi connectivity index (χ4v) is 3.67. The Labute approximate surface area is 119 Å². The maximum Gasteiger partial charge on any atom is 0.258 e. The third kappa shape index (κ3) is 5.10. The molecule has 5 nitrogen and oxygen atoms in total. The molecule has 0 aliphatic heterocycles. The molecule has 0 radical (unpaired) electrons. The molecule has 108 valence electrons. The zero-order valence-electron chi connectivity index (χ0n) is 11.5. The zero-order valence-corrected chi connectivity index (χ0v) is 13.1. The molecular weight excluding hydrogens is 282 g/mol. The summed E-state index contributed by atoms with van der Waals surface area (Å²) in [6.45, 7) is 2.64. The average Bonchev–Trinajstić information content (AvgIpc) is 2.39. The second-order valence-electron chi connectivity index (χ2n) is 4.22. The van der Waals surface area contributed by atoms with Crippen LogP contribution >= 0.6 is 11.8 Å². The van der Waals surface area contributed by atoms with E-state index in [9.17, 15) is 8.42 Å². The van der Waals surface area contributed by atoms with E-state index in [4.69, 9.17) is 0 Å². The Morgan fingerprint density at radius 1 is 1.42 bits per heavy atom. The van der Waals surface area contributed by atoms with Crippen LogP contribution in [0.5, 0.6) is 0 Å². The lowest BCUT2D eigenvalue weighted by molar-refractivity contribution is 0.554. The molecule has 0 amide bonds. The number of sulfonamides is 1. The van der Waals surface area contributed by atoms with Gasteiger partial charge in [0, 0.05) is 24.5 Å². The van der Waals surface area contributed by atoms with Gasteiger partial charge in [-0.25, -0.2) is 18.1 Å². The van der Waals surface area contributed by atoms with Gasteiger partial charge >= 0.3 is 0 Å². The number of nitrogens with one attached hydrogen (secondary N) is 2. The van der Waals surface area contributed by atoms with Crippen LogP contribution in [0, 0.1) is 0 Å². The summed E-state index contributed by atoms with van der Waals surface area (Å²) in [5, 5.41) is 3.07. The molecule has 1 heterocycles. The number of pyridine rings is 1. The Hall–Kier alpha value is -0.630. The van der Waals surface area contributed by atoms with Gasteiger partial charge in [0.2, 0.25) is 0 Å². The highest BCUT2D eigenvalue weighted by atomic mass is 32.2. The Balaban J connectivity index is 2.81. The molecule has 0 fully saturated rings. The molecule has 1 atom stereocenters. The summed E-state index contributed by atoms with van der Waals surface area (Å²) in [5.41, 5.74) is 0.956. The van der Waals surface area contributed by atoms with Crippen molar-refractivity contribution in [2.24, 2.45) is 0 Å². The second kappa shape index (κ2) is 7.84. The summed E-state index contributed by atoms with van der Waals surface area (Å²) in [4.78, 5) is 4.02. The molecule has 1 rings (SSSR count). The zero-order chi connectivity index (χ0) is 14.3. The summed E-state index contributed by atoms with van der Waals surface area (Å²) < 4.78 is 27.0. The van der Waals surface area contributed by atoms with E-state index < -0.39 is 10.0 Å². The van der Waals surface area contributed by atoms with Gasteiger partial charge in [0.1, 0.15) is 0 Å². The van der Waals surface area contributed by atoms with E-state index in [2.05, 4.69) is 15.0 Å². The molecule has 0 saturated heterocycles. The molecule has 2 N–H and O–H groups in total. The van der Waals surface area contributed by atoms with Crippen molar-refractivity contribution >= 4 is 21.8 Å². The molecule has 0 saturated carbocycles. The van der Waals surface area contributed by atoms with Gasteiger partial charge in [-0.15, -0.1) is 0 Å². The number of aromatic nitrogens is 1. The number of hydrogen-bond donors (Lipinski definition) is 2. The summed E-state index contributed by atoms with van der Waals surface area (Å²) in [5.74, 6) is 0.758. The monoisotopic (exact) mass is 303 g/mol. The minimum absolute atomic E-state index is 0.0567. The van der Waals surface area contributed by atoms with Gasteiger partial charge in [-0.2, -0.15) is 11.8 Å². The van der Waals surface area contributed by atoms with Gasteiger partial charge < -0.3 is 5.32 Å². The Morgan fingerprint density at radius 3 is 2.63 bits per heavy atom. The highest BCUT2D eigenvalue weighted by Crippen LogP contribution is 2.10. The molecule has 0 bridgehead atoms. The van der Waals surface area contributed by atoms with Crippen LogP contribution in [0.1, 0.15) is 18.9 Å². The highest BCUT2D eigenvalue weighted by Gasteiger charge is 2.19. The largest absolute Gasteiger partial charge is 0.316 e. The van der Waals surface area contributed by atoms with Gasteiger partial charge in [-0.1, -0.05) is 13.0 Å². The molecular formula is C12H21N3O2S2. The quantitative estimate of drug-likeness (QED) is 0.755. The van der Waals surface area contributed by atoms with Gasteiger partial charge in [0.15, 0.2) is 5.03 Å². The van der Waals surface area contributed by atoms with E-state index in [0.29, 0.717) is 6.54 Å². The Bertz CT molecular complexity index is 474. The lowest BCUT2D eigenvalue weighted by Crippen LogP contribution is -2.36. The third-order valence-electron chi connectivity index (χ3n) is 2.64. The van der Waals surface area contributed by atoms with Gasteiger partial charge in [-0.05, 0) is 31.4 Å². The Morgan fingerprint density at radius 2 is 2.16 bits per heavy atom. The SMILES string of the molecule is CCC(CSC)NS(=O)(=O)c1ccc(CNC)cn1. The molecule has 0 aromatic carbocycles. The first-order valence-electron chi connectivity index (χ1n) is 6.14. The topological polar surface area (TPSA) is 71.1 Å². The molecule has 0 aliphatic rings. The van der Waals surface area contributed by atoms with E-state index in [0.717, 1.165) is 17.7 Å². The van der Waals surface area contributed by atoms with E-state index in [1.165, 1.54) is 0 Å². The van der Waals surface area contributed by atoms with E-state index in [1.54, 1.807) is 30.1 Å². The fraction of sp³-hybridized carbons (Fsp3) is 0.583. The van der Waals surface area contributed by atoms with Crippen molar-refractivity contribution in [1.29, 1.82) is 0 Å². The maximum atomic E-state index is 12.1. The first kappa shape index (κ1) is 16.4. The van der Waals surface area contributed by atoms with Crippen LogP contribution < -0.4 is 10.0 Å². The average molecular weight is 303 g/mol. The fourth-order valence-electron chi connectivity index (χ4n) is 1.59. The van der Waals surface area contributed by atoms with E-state index >= 15 is 0 Å². The summed E-state index contributed by atoms with van der Waals surface area (Å²) in [6.07, 6.45) is 4.31. The third-order valence-corrected chi connectivity index (χ3v) is 4.81. The molecule has 7 heteroatoms. The molecule has 19 heavy (non-hydrogen) atoms. The first-order valence-corrected chi connectivity index (χ1v) is 9.02. The minimum Gasteiger partial charge on any atom is -0.316 e. The minimum atomic E-state index is -3.52. The van der Waals surface area contributed by atoms with Crippen LogP contribution in [-0.4, -0.2) is 38.5 Å². The van der Waals surface area contributed by atoms with Gasteiger partial charge in [0.05, 0.1) is 0 Å². The van der Waals surface area contributed by atoms with E-state index in [1.807, 2.05) is 20.2 Å². The normalized spacial score (nSPS) is 13.4. The summed E-state index contributed by atoms with van der Waals surface area (Å²) >= 11 is 1.62. The maximum absolute atomic E-state index is 12.1. The van der Waals surface area contributed by atoms with Crippen LogP contribution in [0.25, 0.3) is 0 Å². The molecule has 1 aromatic rings. The van der Waals surface area contributed by atoms with Crippen LogP contribution in [0.4, 0.5) is 0 Å². The van der Waals surface area contributed by atoms with Gasteiger partial charge in [-0.3, -0.25) is 0 Å². The standard InChI is InChI=1S/C12H21N3O2S2/c1-4-11(9-18-3)15-19(16,17)12-6-5-10(7-13-2)8-14-12/h5-6,8,11,13,15H,4,7,9H2,1-3H3. The van der Waals surface area contributed by atoms with Crippen molar-refractivity contribution in [1.82, 2.24) is 15.0 Å². The second-order valence-corrected chi connectivity index (χ2v) is 6.79. The molecule has 1 aromatic heterocycles. The Kier molecular flexibility index (Phi) is 6.78. The first-order chi connectivity index (χ1) is 9.03. The lowest BCUT2D eigenvalue weighted by Gasteiger charge is -2.15. The van der Waals surface area contributed by atoms with Crippen molar-refractivity contribution in [2.75, 3.05) is 19.1 Å². The van der Waals surface area contributed by atoms with Crippen molar-refractivity contribution in [3.63, 3.8) is 0 Å².